The Morgan fingerprint density at radius 2 is 0.565 bits per heavy atom. The maximum atomic E-state index is 12.8. The van der Waals surface area contributed by atoms with E-state index >= 15 is 0 Å². The number of ether oxygens (including phenoxy) is 3. The Bertz CT molecular complexity index is 1560. The van der Waals surface area contributed by atoms with Crippen molar-refractivity contribution in [2.75, 3.05) is 13.2 Å². The summed E-state index contributed by atoms with van der Waals surface area (Å²) < 4.78 is 16.8. The number of carbonyl (C=O) groups excluding carboxylic acids is 3. The zero-order chi connectivity index (χ0) is 50.0. The lowest BCUT2D eigenvalue weighted by molar-refractivity contribution is -0.167. The standard InChI is InChI=1S/C63H98O6/c1-4-7-10-13-16-19-22-25-28-30-31-33-36-39-42-45-48-51-54-57-63(66)69-60(58-67-61(64)55-52-49-46-43-40-37-34-27-24-21-18-15-12-9-6-3)59-68-62(65)56-53-50-47-44-41-38-35-32-29-26-23-20-17-14-11-8-5-2/h7,9-10,12,16-21,25-29,31,33-35,38-40,42-43,60H,4-6,8,11,13-15,22-24,30,32,36-37,41,44-59H2,1-3H3/b10-7-,12-9-,19-16-,20-17-,21-18-,28-25-,29-26-,33-31-,34-27-,38-35-,42-39-,43-40-/t60-/m1/s1. The maximum Gasteiger partial charge on any atom is 0.306 e. The topological polar surface area (TPSA) is 78.9 Å². The lowest BCUT2D eigenvalue weighted by atomic mass is 10.1. The lowest BCUT2D eigenvalue weighted by Gasteiger charge is -2.18. The van der Waals surface area contributed by atoms with Crippen LogP contribution in [0.3, 0.4) is 0 Å². The third kappa shape index (κ3) is 54.1. The molecule has 0 aliphatic carbocycles. The van der Waals surface area contributed by atoms with Crippen molar-refractivity contribution < 1.29 is 28.6 Å². The molecule has 6 heteroatoms. The average molecular weight is 951 g/mol. The van der Waals surface area contributed by atoms with Gasteiger partial charge in [0, 0.05) is 19.3 Å². The fraction of sp³-hybridized carbons (Fsp3) is 0.571. The molecule has 0 heterocycles. The summed E-state index contributed by atoms with van der Waals surface area (Å²) in [5.74, 6) is -1.03. The summed E-state index contributed by atoms with van der Waals surface area (Å²) in [6.07, 6.45) is 79.7. The van der Waals surface area contributed by atoms with Gasteiger partial charge < -0.3 is 14.2 Å². The van der Waals surface area contributed by atoms with Gasteiger partial charge >= 0.3 is 17.9 Å². The Hall–Kier alpha value is -4.71. The highest BCUT2D eigenvalue weighted by molar-refractivity contribution is 5.71. The van der Waals surface area contributed by atoms with Gasteiger partial charge in [-0.1, -0.05) is 199 Å². The Morgan fingerprint density at radius 3 is 0.913 bits per heavy atom. The molecule has 0 aromatic heterocycles. The fourth-order valence-corrected chi connectivity index (χ4v) is 6.76. The van der Waals surface area contributed by atoms with E-state index < -0.39 is 6.10 Å². The van der Waals surface area contributed by atoms with Crippen molar-refractivity contribution in [2.45, 2.75) is 219 Å². The van der Waals surface area contributed by atoms with Crippen molar-refractivity contribution in [1.29, 1.82) is 0 Å². The molecule has 0 spiro atoms. The number of unbranched alkanes of at least 4 members (excludes halogenated alkanes) is 12. The van der Waals surface area contributed by atoms with Crippen LogP contribution in [0.2, 0.25) is 0 Å². The van der Waals surface area contributed by atoms with Crippen LogP contribution in [0.5, 0.6) is 0 Å². The highest BCUT2D eigenvalue weighted by Gasteiger charge is 2.19. The Kier molecular flexibility index (Phi) is 52.1. The third-order valence-corrected chi connectivity index (χ3v) is 10.8. The molecule has 0 N–H and O–H groups in total. The molecule has 6 nitrogen and oxygen atoms in total. The average Bonchev–Trinajstić information content (AvgIpc) is 3.35. The minimum atomic E-state index is -0.829. The van der Waals surface area contributed by atoms with Gasteiger partial charge in [-0.05, 0) is 141 Å². The van der Waals surface area contributed by atoms with Crippen LogP contribution in [0.4, 0.5) is 0 Å². The summed E-state index contributed by atoms with van der Waals surface area (Å²) >= 11 is 0. The predicted octanol–water partition coefficient (Wildman–Crippen LogP) is 18.4. The van der Waals surface area contributed by atoms with Crippen LogP contribution in [-0.4, -0.2) is 37.2 Å². The number of hydrogen-bond acceptors (Lipinski definition) is 6. The van der Waals surface area contributed by atoms with E-state index in [1.54, 1.807) is 0 Å². The van der Waals surface area contributed by atoms with E-state index in [0.29, 0.717) is 19.3 Å². The summed E-state index contributed by atoms with van der Waals surface area (Å²) in [7, 11) is 0. The summed E-state index contributed by atoms with van der Waals surface area (Å²) in [4.78, 5) is 38.1. The van der Waals surface area contributed by atoms with Gasteiger partial charge in [0.15, 0.2) is 6.10 Å². The predicted molar refractivity (Wildman–Crippen MR) is 297 cm³/mol. The molecule has 0 aliphatic heterocycles. The minimum Gasteiger partial charge on any atom is -0.462 e. The van der Waals surface area contributed by atoms with E-state index in [2.05, 4.69) is 167 Å². The van der Waals surface area contributed by atoms with Crippen molar-refractivity contribution in [2.24, 2.45) is 0 Å². The van der Waals surface area contributed by atoms with Crippen molar-refractivity contribution in [1.82, 2.24) is 0 Å². The van der Waals surface area contributed by atoms with E-state index in [1.165, 1.54) is 25.7 Å². The molecule has 0 saturated carbocycles. The van der Waals surface area contributed by atoms with Gasteiger partial charge in [-0.25, -0.2) is 0 Å². The van der Waals surface area contributed by atoms with Gasteiger partial charge in [0.1, 0.15) is 13.2 Å². The van der Waals surface area contributed by atoms with Gasteiger partial charge in [-0.3, -0.25) is 14.4 Å². The van der Waals surface area contributed by atoms with Crippen molar-refractivity contribution in [3.8, 4) is 0 Å². The first kappa shape index (κ1) is 64.3. The zero-order valence-corrected chi connectivity index (χ0v) is 44.0. The Morgan fingerprint density at radius 1 is 0.304 bits per heavy atom. The molecule has 0 bridgehead atoms. The molecule has 0 aliphatic rings. The largest absolute Gasteiger partial charge is 0.462 e. The Labute approximate surface area is 423 Å². The van der Waals surface area contributed by atoms with Gasteiger partial charge in [-0.15, -0.1) is 0 Å². The number of esters is 3. The van der Waals surface area contributed by atoms with E-state index in [-0.39, 0.29) is 44.0 Å². The van der Waals surface area contributed by atoms with E-state index in [9.17, 15) is 14.4 Å². The summed E-state index contributed by atoms with van der Waals surface area (Å²) in [6.45, 7) is 6.28. The van der Waals surface area contributed by atoms with Crippen LogP contribution in [0, 0.1) is 0 Å². The Balaban J connectivity index is 4.59. The minimum absolute atomic E-state index is 0.123. The number of carbonyl (C=O) groups is 3. The van der Waals surface area contributed by atoms with Crippen molar-refractivity contribution >= 4 is 17.9 Å². The molecule has 0 fully saturated rings. The second-order valence-corrected chi connectivity index (χ2v) is 17.4. The molecule has 0 aromatic carbocycles. The van der Waals surface area contributed by atoms with Crippen molar-refractivity contribution in [3.05, 3.63) is 146 Å². The van der Waals surface area contributed by atoms with Crippen LogP contribution >= 0.6 is 0 Å². The van der Waals surface area contributed by atoms with E-state index in [4.69, 9.17) is 14.2 Å². The summed E-state index contributed by atoms with van der Waals surface area (Å²) in [6, 6.07) is 0. The second-order valence-electron chi connectivity index (χ2n) is 17.4. The first-order valence-electron chi connectivity index (χ1n) is 27.3. The number of hydrogen-bond donors (Lipinski definition) is 0. The van der Waals surface area contributed by atoms with Crippen LogP contribution in [0.1, 0.15) is 213 Å². The molecular formula is C63H98O6. The first-order chi connectivity index (χ1) is 34.0. The molecule has 0 aromatic rings. The van der Waals surface area contributed by atoms with Gasteiger partial charge in [0.05, 0.1) is 0 Å². The second kappa shape index (κ2) is 55.9. The zero-order valence-electron chi connectivity index (χ0n) is 44.0. The highest BCUT2D eigenvalue weighted by atomic mass is 16.6. The number of allylic oxidation sites excluding steroid dienone is 24. The molecule has 1 atom stereocenters. The van der Waals surface area contributed by atoms with Gasteiger partial charge in [0.25, 0.3) is 0 Å². The van der Waals surface area contributed by atoms with Gasteiger partial charge in [-0.2, -0.15) is 0 Å². The summed E-state index contributed by atoms with van der Waals surface area (Å²) in [5.41, 5.74) is 0. The molecule has 0 radical (unpaired) electrons. The monoisotopic (exact) mass is 951 g/mol. The number of rotatable bonds is 47. The molecular weight excluding hydrogens is 853 g/mol. The summed E-state index contributed by atoms with van der Waals surface area (Å²) in [5, 5.41) is 0. The van der Waals surface area contributed by atoms with Crippen LogP contribution in [-0.2, 0) is 28.6 Å². The molecule has 0 saturated heterocycles. The fourth-order valence-electron chi connectivity index (χ4n) is 6.76. The third-order valence-electron chi connectivity index (χ3n) is 10.8. The van der Waals surface area contributed by atoms with Crippen molar-refractivity contribution in [3.63, 3.8) is 0 Å². The normalized spacial score (nSPS) is 13.3. The van der Waals surface area contributed by atoms with E-state index in [0.717, 1.165) is 135 Å². The molecule has 69 heavy (non-hydrogen) atoms. The van der Waals surface area contributed by atoms with Gasteiger partial charge in [0.2, 0.25) is 0 Å². The quantitative estimate of drug-likeness (QED) is 0.0262. The molecule has 386 valence electrons. The van der Waals surface area contributed by atoms with Crippen LogP contribution < -0.4 is 0 Å². The molecule has 0 unspecified atom stereocenters. The molecule has 0 amide bonds. The molecule has 0 rings (SSSR count). The van der Waals surface area contributed by atoms with Crippen LogP contribution in [0.15, 0.2) is 146 Å². The van der Waals surface area contributed by atoms with Crippen LogP contribution in [0.25, 0.3) is 0 Å². The SMILES string of the molecule is CC/C=C\C/C=C\C/C=C\C/C=C\C/C=C\CCCCCC(=O)O[C@H](COC(=O)CCCC/C=C\C/C=C\C/C=C\C/C=C\CC)COC(=O)CCCCCC/C=C\C/C=C\C/C=C\CCCCC. The van der Waals surface area contributed by atoms with E-state index in [1.807, 2.05) is 0 Å². The highest BCUT2D eigenvalue weighted by Crippen LogP contribution is 2.11. The first-order valence-corrected chi connectivity index (χ1v) is 27.3. The maximum absolute atomic E-state index is 12.8. The smallest absolute Gasteiger partial charge is 0.306 e. The lowest BCUT2D eigenvalue weighted by Crippen LogP contribution is -2.30.